The molecule has 5 aromatic carbocycles. The molecule has 0 aliphatic carbocycles. The van der Waals surface area contributed by atoms with E-state index in [0.717, 1.165) is 0 Å². The third kappa shape index (κ3) is 6.98. The Bertz CT molecular complexity index is 2150. The molecule has 0 heterocycles. The predicted octanol–water partition coefficient (Wildman–Crippen LogP) is 12.0. The fourth-order valence-electron chi connectivity index (χ4n) is 4.26. The van der Waals surface area contributed by atoms with E-state index in [9.17, 15) is 65.9 Å². The van der Waals surface area contributed by atoms with Gasteiger partial charge in [0.2, 0.25) is 0 Å². The second-order valence-electron chi connectivity index (χ2n) is 10.7. The SMILES string of the molecule is Fc1c(F)c(F)c(OP(Oc2c(F)c(F)c(F)c(F)c2F)(Oc2c(F)c(F)c(F)c(F)c2F)(Oc2c(F)c(F)c(F)c(F)c2F)Oc2c(F)c(F)c(F)c(F)c2F)c(F)c1F. The molecule has 0 atom stereocenters. The van der Waals surface area contributed by atoms with Crippen LogP contribution in [0.4, 0.5) is 110 Å². The summed E-state index contributed by atoms with van der Waals surface area (Å²) in [5, 5.41) is 0. The van der Waals surface area contributed by atoms with E-state index >= 15 is 43.9 Å². The molecule has 0 saturated carbocycles. The van der Waals surface area contributed by atoms with Gasteiger partial charge in [0.25, 0.3) is 0 Å². The number of halogens is 25. The minimum absolute atomic E-state index is 3.41. The van der Waals surface area contributed by atoms with Gasteiger partial charge in [-0.25, -0.2) is 0 Å². The molecular weight excluding hydrogens is 946 g/mol. The van der Waals surface area contributed by atoms with Gasteiger partial charge in [0.05, 0.1) is 0 Å². The molecule has 0 aliphatic heterocycles. The van der Waals surface area contributed by atoms with Crippen molar-refractivity contribution in [3.63, 3.8) is 0 Å². The van der Waals surface area contributed by atoms with Crippen LogP contribution in [0, 0.1) is 145 Å². The Labute approximate surface area is 314 Å². The third-order valence-corrected chi connectivity index (χ3v) is 9.45. The Balaban J connectivity index is 2.22. The number of hydrogen-bond donors (Lipinski definition) is 0. The summed E-state index contributed by atoms with van der Waals surface area (Å²) >= 11 is 0. The van der Waals surface area contributed by atoms with Crippen molar-refractivity contribution in [2.75, 3.05) is 0 Å². The van der Waals surface area contributed by atoms with Gasteiger partial charge in [-0.05, 0) is 0 Å². The fraction of sp³-hybridized carbons (Fsp3) is 0. The number of rotatable bonds is 10. The molecule has 0 bridgehead atoms. The molecule has 0 fully saturated rings. The first-order valence-corrected chi connectivity index (χ1v) is 16.0. The zero-order valence-electron chi connectivity index (χ0n) is 26.9. The van der Waals surface area contributed by atoms with Crippen LogP contribution >= 0.6 is 7.74 Å². The van der Waals surface area contributed by atoms with Crippen LogP contribution in [0.1, 0.15) is 0 Å². The molecule has 5 nitrogen and oxygen atoms in total. The zero-order valence-corrected chi connectivity index (χ0v) is 27.8. The quantitative estimate of drug-likeness (QED) is 0.0604. The molecule has 5 aromatic rings. The normalized spacial score (nSPS) is 12.4. The molecule has 0 aromatic heterocycles. The Hall–Kier alpha value is -6.22. The molecule has 330 valence electrons. The summed E-state index contributed by atoms with van der Waals surface area (Å²) in [6.07, 6.45) is 0. The van der Waals surface area contributed by atoms with Crippen molar-refractivity contribution in [3.8, 4) is 28.7 Å². The van der Waals surface area contributed by atoms with Crippen molar-refractivity contribution in [1.29, 1.82) is 0 Å². The summed E-state index contributed by atoms with van der Waals surface area (Å²) in [5.74, 6) is -109. The molecule has 5 rings (SSSR count). The molecule has 61 heavy (non-hydrogen) atoms. The van der Waals surface area contributed by atoms with E-state index < -0.39 is 182 Å². The van der Waals surface area contributed by atoms with Crippen molar-refractivity contribution < 1.29 is 132 Å². The van der Waals surface area contributed by atoms with Gasteiger partial charge < -0.3 is 0 Å². The number of benzene rings is 5. The van der Waals surface area contributed by atoms with Crippen molar-refractivity contribution in [2.45, 2.75) is 0 Å². The molecule has 0 N–H and O–H groups in total. The molecule has 0 radical (unpaired) electrons. The summed E-state index contributed by atoms with van der Waals surface area (Å²) in [7, 11) is -10.4. The van der Waals surface area contributed by atoms with Crippen molar-refractivity contribution >= 4 is 7.74 Å². The van der Waals surface area contributed by atoms with Gasteiger partial charge in [-0.1, -0.05) is 0 Å². The maximum atomic E-state index is 15.3. The topological polar surface area (TPSA) is 46.2 Å². The van der Waals surface area contributed by atoms with Gasteiger partial charge in [0.15, 0.2) is 0 Å². The van der Waals surface area contributed by atoms with Crippen LogP contribution < -0.4 is 22.6 Å². The predicted molar refractivity (Wildman–Crippen MR) is 141 cm³/mol. The molecule has 31 heteroatoms. The van der Waals surface area contributed by atoms with Gasteiger partial charge in [-0.2, -0.15) is 0 Å². The van der Waals surface area contributed by atoms with Crippen LogP contribution in [0.15, 0.2) is 0 Å². The molecule has 0 aliphatic rings. The van der Waals surface area contributed by atoms with Crippen molar-refractivity contribution in [3.05, 3.63) is 145 Å². The molecule has 0 saturated heterocycles. The van der Waals surface area contributed by atoms with Gasteiger partial charge in [0, 0.05) is 0 Å². The Morgan fingerprint density at radius 1 is 0.148 bits per heavy atom. The summed E-state index contributed by atoms with van der Waals surface area (Å²) in [6, 6.07) is 0. The summed E-state index contributed by atoms with van der Waals surface area (Å²) in [4.78, 5) is 0. The molecular formula is C30F25O5P. The van der Waals surface area contributed by atoms with Gasteiger partial charge >= 0.3 is 314 Å². The summed E-state index contributed by atoms with van der Waals surface area (Å²) < 4.78 is 388. The summed E-state index contributed by atoms with van der Waals surface area (Å²) in [6.45, 7) is 0. The Morgan fingerprint density at radius 3 is 0.328 bits per heavy atom. The second-order valence-corrected chi connectivity index (χ2v) is 13.1. The van der Waals surface area contributed by atoms with Gasteiger partial charge in [-0.15, -0.1) is 0 Å². The monoisotopic (exact) mass is 946 g/mol. The van der Waals surface area contributed by atoms with Gasteiger partial charge in [0.1, 0.15) is 0 Å². The minimum atomic E-state index is -10.4. The number of hydrogen-bond acceptors (Lipinski definition) is 5. The summed E-state index contributed by atoms with van der Waals surface area (Å²) in [5.41, 5.74) is 0. The van der Waals surface area contributed by atoms with E-state index in [2.05, 4.69) is 22.6 Å². The Morgan fingerprint density at radius 2 is 0.230 bits per heavy atom. The average Bonchev–Trinajstić information content (AvgIpc) is 3.24. The van der Waals surface area contributed by atoms with E-state index in [1.807, 2.05) is 0 Å². The first-order valence-electron chi connectivity index (χ1n) is 14.2. The van der Waals surface area contributed by atoms with Crippen LogP contribution in [-0.2, 0) is 0 Å². The molecule has 0 unspecified atom stereocenters. The van der Waals surface area contributed by atoms with Crippen LogP contribution in [0.2, 0.25) is 0 Å². The standard InChI is InChI=1S/C30F25O5P/c31-1-6(36)16(46)26(17(47)7(1)37)56-61(57-27-18(48)8(38)2(32)9(39)19(27)49,58-28-20(50)10(40)3(33)11(41)21(28)51,59-29-22(52)12(42)4(34)13(43)23(29)53)60-30-24(54)14(44)5(35)15(45)25(30)55. The first-order chi connectivity index (χ1) is 28.1. The molecule has 0 amide bonds. The zero-order chi connectivity index (χ0) is 46.3. The molecule has 0 spiro atoms. The van der Waals surface area contributed by atoms with Crippen LogP contribution in [-0.4, -0.2) is 0 Å². The Kier molecular flexibility index (Phi) is 11.5. The van der Waals surface area contributed by atoms with E-state index in [-0.39, 0.29) is 0 Å². The first kappa shape index (κ1) is 45.9. The van der Waals surface area contributed by atoms with E-state index in [4.69, 9.17) is 0 Å². The van der Waals surface area contributed by atoms with Crippen LogP contribution in [0.5, 0.6) is 28.7 Å². The van der Waals surface area contributed by atoms with Crippen molar-refractivity contribution in [2.24, 2.45) is 0 Å². The average molecular weight is 946 g/mol. The fourth-order valence-corrected chi connectivity index (χ4v) is 6.92. The third-order valence-electron chi connectivity index (χ3n) is 7.05. The maximum absolute atomic E-state index is 15.3. The van der Waals surface area contributed by atoms with E-state index in [1.165, 1.54) is 0 Å². The van der Waals surface area contributed by atoms with Crippen LogP contribution in [0.3, 0.4) is 0 Å². The van der Waals surface area contributed by atoms with Crippen molar-refractivity contribution in [1.82, 2.24) is 0 Å². The van der Waals surface area contributed by atoms with E-state index in [1.54, 1.807) is 0 Å². The van der Waals surface area contributed by atoms with Crippen LogP contribution in [0.25, 0.3) is 0 Å². The van der Waals surface area contributed by atoms with E-state index in [0.29, 0.717) is 0 Å². The second kappa shape index (κ2) is 15.4. The van der Waals surface area contributed by atoms with Gasteiger partial charge in [-0.3, -0.25) is 0 Å².